The highest BCUT2D eigenvalue weighted by atomic mass is 16.5. The third-order valence-corrected chi connectivity index (χ3v) is 12.6. The summed E-state index contributed by atoms with van der Waals surface area (Å²) in [4.78, 5) is 9.90. The standard InChI is InChI=1S/C52H46N4O/c1-51(2,3)32-24-25-53-48(26-32)56-46-28-35(57-34-15-13-14-33(27-34)54-31-55(52(4,5)6)45-21-12-11-20-44(45)54)22-23-36(46)41-29-42-43(30-47(41)56)50-39-18-9-7-16-37(39)49(42)38-17-8-10-19-40(38)50/h7-30,49-50H,31H2,1-6H3. The molecular formula is C52H46N4O. The number of aromatic nitrogens is 2. The molecule has 0 amide bonds. The van der Waals surface area contributed by atoms with Crippen molar-refractivity contribution in [1.29, 1.82) is 0 Å². The summed E-state index contributed by atoms with van der Waals surface area (Å²) in [5.41, 5.74) is 15.5. The minimum absolute atomic E-state index is 0.0130. The van der Waals surface area contributed by atoms with Gasteiger partial charge in [0.2, 0.25) is 0 Å². The Hall–Kier alpha value is -6.33. The second-order valence-corrected chi connectivity index (χ2v) is 18.0. The average molecular weight is 743 g/mol. The Bertz CT molecular complexity index is 2880. The van der Waals surface area contributed by atoms with Crippen LogP contribution in [0.15, 0.2) is 146 Å². The molecule has 0 spiro atoms. The van der Waals surface area contributed by atoms with Crippen LogP contribution in [-0.2, 0) is 5.41 Å². The summed E-state index contributed by atoms with van der Waals surface area (Å²) in [7, 11) is 0. The molecule has 0 N–H and O–H groups in total. The lowest BCUT2D eigenvalue weighted by atomic mass is 9.61. The smallest absolute Gasteiger partial charge is 0.137 e. The fourth-order valence-electron chi connectivity index (χ4n) is 9.83. The van der Waals surface area contributed by atoms with Gasteiger partial charge in [-0.05, 0) is 126 Å². The number of para-hydroxylation sites is 2. The molecule has 5 nitrogen and oxygen atoms in total. The van der Waals surface area contributed by atoms with Gasteiger partial charge >= 0.3 is 0 Å². The van der Waals surface area contributed by atoms with Crippen LogP contribution in [0.4, 0.5) is 17.1 Å². The van der Waals surface area contributed by atoms with Gasteiger partial charge in [-0.3, -0.25) is 4.57 Å². The number of anilines is 3. The molecule has 6 aromatic carbocycles. The van der Waals surface area contributed by atoms with Crippen molar-refractivity contribution in [3.8, 4) is 17.3 Å². The van der Waals surface area contributed by atoms with Gasteiger partial charge in [-0.2, -0.15) is 0 Å². The topological polar surface area (TPSA) is 33.5 Å². The van der Waals surface area contributed by atoms with Crippen molar-refractivity contribution in [2.75, 3.05) is 16.5 Å². The van der Waals surface area contributed by atoms with Crippen LogP contribution in [-0.4, -0.2) is 21.8 Å². The molecular weight excluding hydrogens is 697 g/mol. The van der Waals surface area contributed by atoms with Crippen LogP contribution < -0.4 is 14.5 Å². The first-order chi connectivity index (χ1) is 27.5. The summed E-state index contributed by atoms with van der Waals surface area (Å²) < 4.78 is 9.16. The lowest BCUT2D eigenvalue weighted by Crippen LogP contribution is -2.42. The van der Waals surface area contributed by atoms with Gasteiger partial charge in [-0.1, -0.05) is 87.5 Å². The van der Waals surface area contributed by atoms with E-state index in [4.69, 9.17) is 9.72 Å². The maximum absolute atomic E-state index is 6.79. The second kappa shape index (κ2) is 12.1. The molecule has 2 aromatic heterocycles. The first-order valence-electron chi connectivity index (χ1n) is 20.2. The summed E-state index contributed by atoms with van der Waals surface area (Å²) in [5.74, 6) is 2.90. The molecule has 12 rings (SSSR count). The Kier molecular flexibility index (Phi) is 7.20. The first kappa shape index (κ1) is 34.0. The van der Waals surface area contributed by atoms with Crippen LogP contribution in [0.25, 0.3) is 27.6 Å². The van der Waals surface area contributed by atoms with Crippen LogP contribution in [0.3, 0.4) is 0 Å². The Labute approximate surface area is 334 Å². The van der Waals surface area contributed by atoms with E-state index in [0.717, 1.165) is 35.2 Å². The molecule has 0 atom stereocenters. The number of hydrogen-bond donors (Lipinski definition) is 0. The van der Waals surface area contributed by atoms with Crippen molar-refractivity contribution in [2.24, 2.45) is 0 Å². The molecule has 0 fully saturated rings. The predicted molar refractivity (Wildman–Crippen MR) is 234 cm³/mol. The lowest BCUT2D eigenvalue weighted by molar-refractivity contribution is 0.483. The number of hydrogen-bond acceptors (Lipinski definition) is 4. The zero-order valence-corrected chi connectivity index (χ0v) is 33.4. The molecule has 0 saturated heterocycles. The molecule has 1 aliphatic heterocycles. The highest BCUT2D eigenvalue weighted by molar-refractivity contribution is 6.10. The van der Waals surface area contributed by atoms with Crippen molar-refractivity contribution < 1.29 is 4.74 Å². The molecule has 0 unspecified atom stereocenters. The Balaban J connectivity index is 1.06. The summed E-state index contributed by atoms with van der Waals surface area (Å²) >= 11 is 0. The van der Waals surface area contributed by atoms with E-state index < -0.39 is 0 Å². The maximum atomic E-state index is 6.79. The van der Waals surface area contributed by atoms with Gasteiger partial charge in [0.15, 0.2) is 0 Å². The third kappa shape index (κ3) is 5.18. The van der Waals surface area contributed by atoms with Crippen molar-refractivity contribution in [2.45, 2.75) is 64.3 Å². The Morgan fingerprint density at radius 3 is 1.82 bits per heavy atom. The number of rotatable bonds is 4. The van der Waals surface area contributed by atoms with Crippen molar-refractivity contribution >= 4 is 38.9 Å². The summed E-state index contributed by atoms with van der Waals surface area (Å²) in [6.45, 7) is 14.4. The molecule has 8 aromatic rings. The van der Waals surface area contributed by atoms with Crippen LogP contribution in [0.1, 0.15) is 92.3 Å². The molecule has 3 aliphatic carbocycles. The van der Waals surface area contributed by atoms with Gasteiger partial charge < -0.3 is 14.5 Å². The van der Waals surface area contributed by atoms with E-state index in [2.05, 4.69) is 195 Å². The Morgan fingerprint density at radius 2 is 1.16 bits per heavy atom. The van der Waals surface area contributed by atoms with E-state index in [0.29, 0.717) is 0 Å². The number of pyridine rings is 1. The number of ether oxygens (including phenoxy) is 1. The monoisotopic (exact) mass is 742 g/mol. The van der Waals surface area contributed by atoms with Gasteiger partial charge in [0.1, 0.15) is 17.3 Å². The Morgan fingerprint density at radius 1 is 0.544 bits per heavy atom. The molecule has 0 saturated carbocycles. The minimum atomic E-state index is -0.0265. The highest BCUT2D eigenvalue weighted by Gasteiger charge is 2.41. The first-order valence-corrected chi connectivity index (χ1v) is 20.2. The molecule has 0 radical (unpaired) electrons. The summed E-state index contributed by atoms with van der Waals surface area (Å²) in [5, 5.41) is 2.43. The van der Waals surface area contributed by atoms with Gasteiger partial charge in [0.05, 0.1) is 29.1 Å². The fourth-order valence-corrected chi connectivity index (χ4v) is 9.83. The maximum Gasteiger partial charge on any atom is 0.137 e. The molecule has 57 heavy (non-hydrogen) atoms. The number of fused-ring (bicyclic) bond motifs is 4. The average Bonchev–Trinajstić information content (AvgIpc) is 3.76. The number of nitrogens with zero attached hydrogens (tertiary/aromatic N) is 4. The molecule has 4 aliphatic rings. The summed E-state index contributed by atoms with van der Waals surface area (Å²) in [6, 6.07) is 51.2. The van der Waals surface area contributed by atoms with Crippen molar-refractivity contribution in [3.05, 3.63) is 185 Å². The zero-order chi connectivity index (χ0) is 38.8. The summed E-state index contributed by atoms with van der Waals surface area (Å²) in [6.07, 6.45) is 1.96. The van der Waals surface area contributed by atoms with Gasteiger partial charge in [0.25, 0.3) is 0 Å². The van der Waals surface area contributed by atoms with Crippen LogP contribution >= 0.6 is 0 Å². The number of benzene rings is 6. The van der Waals surface area contributed by atoms with Crippen LogP contribution in [0, 0.1) is 0 Å². The largest absolute Gasteiger partial charge is 0.457 e. The molecule has 280 valence electrons. The molecule has 3 heterocycles. The second-order valence-electron chi connectivity index (χ2n) is 18.0. The fraction of sp³-hybridized carbons (Fsp3) is 0.212. The minimum Gasteiger partial charge on any atom is -0.457 e. The van der Waals surface area contributed by atoms with E-state index in [1.54, 1.807) is 0 Å². The van der Waals surface area contributed by atoms with E-state index in [-0.39, 0.29) is 22.8 Å². The van der Waals surface area contributed by atoms with Crippen molar-refractivity contribution in [3.63, 3.8) is 0 Å². The van der Waals surface area contributed by atoms with E-state index in [1.807, 2.05) is 6.20 Å². The van der Waals surface area contributed by atoms with E-state index in [1.165, 1.54) is 66.6 Å². The molecule has 2 bridgehead atoms. The van der Waals surface area contributed by atoms with Crippen LogP contribution in [0.5, 0.6) is 11.5 Å². The quantitative estimate of drug-likeness (QED) is 0.180. The predicted octanol–water partition coefficient (Wildman–Crippen LogP) is 13.0. The van der Waals surface area contributed by atoms with Gasteiger partial charge in [-0.15, -0.1) is 0 Å². The molecule has 5 heteroatoms. The van der Waals surface area contributed by atoms with Crippen LogP contribution in [0.2, 0.25) is 0 Å². The van der Waals surface area contributed by atoms with Crippen molar-refractivity contribution in [1.82, 2.24) is 9.55 Å². The third-order valence-electron chi connectivity index (χ3n) is 12.6. The lowest BCUT2D eigenvalue weighted by Gasteiger charge is -2.42. The normalized spacial score (nSPS) is 16.8. The van der Waals surface area contributed by atoms with E-state index >= 15 is 0 Å². The van der Waals surface area contributed by atoms with E-state index in [9.17, 15) is 0 Å². The zero-order valence-electron chi connectivity index (χ0n) is 33.4. The van der Waals surface area contributed by atoms with Gasteiger partial charge in [0, 0.05) is 52.2 Å². The SMILES string of the molecule is CC(C)(C)c1ccnc(-n2c3cc(Oc4cccc(N5CN(C(C)(C)C)c6ccccc65)c4)ccc3c3cc4c(cc32)C2c3ccccc3C4c3ccccc32)c1. The van der Waals surface area contributed by atoms with Gasteiger partial charge in [-0.25, -0.2) is 4.98 Å². The highest BCUT2D eigenvalue weighted by Crippen LogP contribution is 2.57.